The average Bonchev–Trinajstić information content (AvgIpc) is 3.53. The smallest absolute Gasteiger partial charge is 0.267 e. The van der Waals surface area contributed by atoms with Gasteiger partial charge in [0.1, 0.15) is 17.3 Å². The van der Waals surface area contributed by atoms with Crippen LogP contribution >= 0.6 is 34.8 Å². The second-order valence-corrected chi connectivity index (χ2v) is 14.8. The maximum atomic E-state index is 13.6. The van der Waals surface area contributed by atoms with Crippen molar-refractivity contribution in [1.29, 1.82) is 0 Å². The maximum absolute atomic E-state index is 13.6. The lowest BCUT2D eigenvalue weighted by atomic mass is 9.76. The van der Waals surface area contributed by atoms with Gasteiger partial charge in [-0.1, -0.05) is 95.4 Å². The molecule has 4 amide bonds. The van der Waals surface area contributed by atoms with Crippen molar-refractivity contribution in [3.05, 3.63) is 85.9 Å². The van der Waals surface area contributed by atoms with Gasteiger partial charge >= 0.3 is 0 Å². The molecule has 258 valence electrons. The number of hydrazone groups is 1. The lowest BCUT2D eigenvalue weighted by molar-refractivity contribution is -0.123. The van der Waals surface area contributed by atoms with Gasteiger partial charge < -0.3 is 10.1 Å². The van der Waals surface area contributed by atoms with Gasteiger partial charge in [0.05, 0.1) is 27.6 Å². The number of carbonyl (C=O) groups is 4. The molecule has 2 aliphatic rings. The molecule has 1 unspecified atom stereocenters. The Balaban J connectivity index is 1.36. The summed E-state index contributed by atoms with van der Waals surface area (Å²) >= 11 is 18.6. The largest absolute Gasteiger partial charge is 0.480 e. The van der Waals surface area contributed by atoms with Crippen molar-refractivity contribution < 1.29 is 23.9 Å². The van der Waals surface area contributed by atoms with E-state index in [0.29, 0.717) is 17.9 Å². The fraction of sp³-hybridized carbons (Fsp3) is 0.378. The molecule has 9 nitrogen and oxygen atoms in total. The minimum atomic E-state index is -0.824. The molecule has 1 atom stereocenters. The Labute approximate surface area is 301 Å². The third kappa shape index (κ3) is 6.94. The van der Waals surface area contributed by atoms with Crippen LogP contribution in [0.2, 0.25) is 15.1 Å². The number of imide groups is 1. The average molecular weight is 726 g/mol. The highest BCUT2D eigenvalue weighted by Crippen LogP contribution is 2.41. The van der Waals surface area contributed by atoms with Gasteiger partial charge in [-0.2, -0.15) is 10.1 Å². The number of benzene rings is 3. The van der Waals surface area contributed by atoms with Gasteiger partial charge in [-0.15, -0.1) is 0 Å². The summed E-state index contributed by atoms with van der Waals surface area (Å²) in [7, 11) is 0. The highest BCUT2D eigenvalue weighted by molar-refractivity contribution is 6.43. The van der Waals surface area contributed by atoms with Crippen LogP contribution in [0.25, 0.3) is 0 Å². The molecule has 5 rings (SSSR count). The number of ether oxygens (including phenoxy) is 1. The Morgan fingerprint density at radius 1 is 0.878 bits per heavy atom. The molecular formula is C37H39Cl3N4O5. The van der Waals surface area contributed by atoms with E-state index in [1.165, 1.54) is 29.8 Å². The molecule has 2 aliphatic heterocycles. The summed E-state index contributed by atoms with van der Waals surface area (Å²) in [5, 5.41) is 8.48. The predicted octanol–water partition coefficient (Wildman–Crippen LogP) is 9.16. The molecule has 3 aromatic carbocycles. The van der Waals surface area contributed by atoms with Crippen molar-refractivity contribution >= 4 is 75.6 Å². The lowest BCUT2D eigenvalue weighted by Crippen LogP contribution is -2.35. The molecule has 0 fully saturated rings. The topological polar surface area (TPSA) is 108 Å². The molecule has 3 aromatic rings. The van der Waals surface area contributed by atoms with Crippen molar-refractivity contribution in [2.24, 2.45) is 5.10 Å². The van der Waals surface area contributed by atoms with Crippen molar-refractivity contribution in [2.75, 3.05) is 10.3 Å². The SMILES string of the molecule is CCC(Oc1ccc(C(C)(C)CC)cc1C(C)(C)CC)C(=O)Nc1ccc2c(c1)C(=O)N(C1=NN(c3c(Cl)cc(Cl)cc3Cl)C(=O)C1)C2=O. The highest BCUT2D eigenvalue weighted by atomic mass is 35.5. The first kappa shape index (κ1) is 36.4. The number of amidine groups is 1. The van der Waals surface area contributed by atoms with Crippen molar-refractivity contribution in [2.45, 2.75) is 91.1 Å². The van der Waals surface area contributed by atoms with Crippen LogP contribution in [0.15, 0.2) is 53.6 Å². The Kier molecular flexibility index (Phi) is 10.2. The summed E-state index contributed by atoms with van der Waals surface area (Å²) < 4.78 is 6.39. The molecule has 0 aromatic heterocycles. The van der Waals surface area contributed by atoms with E-state index >= 15 is 0 Å². The molecule has 12 heteroatoms. The number of nitrogens with zero attached hydrogens (tertiary/aromatic N) is 3. The molecule has 49 heavy (non-hydrogen) atoms. The third-order valence-electron chi connectivity index (χ3n) is 9.56. The molecule has 1 N–H and O–H groups in total. The molecule has 0 spiro atoms. The minimum Gasteiger partial charge on any atom is -0.480 e. The quantitative estimate of drug-likeness (QED) is 0.210. The van der Waals surface area contributed by atoms with Gasteiger partial charge in [0, 0.05) is 16.3 Å². The Morgan fingerprint density at radius 3 is 2.12 bits per heavy atom. The zero-order valence-electron chi connectivity index (χ0n) is 28.5. The number of rotatable bonds is 10. The molecule has 0 radical (unpaired) electrons. The normalized spacial score (nSPS) is 15.5. The maximum Gasteiger partial charge on any atom is 0.267 e. The van der Waals surface area contributed by atoms with Gasteiger partial charge in [0.2, 0.25) is 0 Å². The molecule has 0 saturated heterocycles. The van der Waals surface area contributed by atoms with Crippen LogP contribution in [0.5, 0.6) is 5.75 Å². The van der Waals surface area contributed by atoms with Crippen LogP contribution in [-0.2, 0) is 20.4 Å². The number of nitrogens with one attached hydrogen (secondary N) is 1. The van der Waals surface area contributed by atoms with Gasteiger partial charge in [-0.25, -0.2) is 4.90 Å². The Hall–Kier alpha value is -3.92. The fourth-order valence-electron chi connectivity index (χ4n) is 5.68. The first-order chi connectivity index (χ1) is 23.0. The summed E-state index contributed by atoms with van der Waals surface area (Å²) in [6.45, 7) is 14.9. The van der Waals surface area contributed by atoms with E-state index in [-0.39, 0.29) is 55.0 Å². The van der Waals surface area contributed by atoms with Crippen molar-refractivity contribution in [1.82, 2.24) is 4.90 Å². The first-order valence-corrected chi connectivity index (χ1v) is 17.4. The van der Waals surface area contributed by atoms with Crippen LogP contribution in [-0.4, -0.2) is 40.5 Å². The van der Waals surface area contributed by atoms with Crippen LogP contribution in [0.3, 0.4) is 0 Å². The highest BCUT2D eigenvalue weighted by Gasteiger charge is 2.43. The monoisotopic (exact) mass is 724 g/mol. The third-order valence-corrected chi connectivity index (χ3v) is 10.4. The number of fused-ring (bicyclic) bond motifs is 1. The number of hydrogen-bond donors (Lipinski definition) is 1. The molecular weight excluding hydrogens is 687 g/mol. The van der Waals surface area contributed by atoms with E-state index in [9.17, 15) is 19.2 Å². The standard InChI is InChI=1S/C37H39Cl3N4O5/c1-8-28(49-29-14-11-20(36(4,5)9-2)15-25(29)37(6,7)10-3)33(46)41-22-12-13-23-24(18-22)35(48)43(34(23)47)30-19-31(45)44(42-30)32-26(39)16-21(38)17-27(32)40/h11-18,28H,8-10,19H2,1-7H3,(H,41,46). The number of anilines is 2. The van der Waals surface area contributed by atoms with Crippen molar-refractivity contribution in [3.63, 3.8) is 0 Å². The molecule has 2 heterocycles. The molecule has 0 aliphatic carbocycles. The van der Waals surface area contributed by atoms with Gasteiger partial charge in [0.25, 0.3) is 23.6 Å². The summed E-state index contributed by atoms with van der Waals surface area (Å²) in [6.07, 6.45) is 1.08. The van der Waals surface area contributed by atoms with E-state index in [4.69, 9.17) is 39.5 Å². The predicted molar refractivity (Wildman–Crippen MR) is 194 cm³/mol. The van der Waals surface area contributed by atoms with E-state index < -0.39 is 29.7 Å². The molecule has 0 saturated carbocycles. The van der Waals surface area contributed by atoms with Crippen LogP contribution in [0.4, 0.5) is 11.4 Å². The van der Waals surface area contributed by atoms with Crippen LogP contribution < -0.4 is 15.1 Å². The summed E-state index contributed by atoms with van der Waals surface area (Å²) in [4.78, 5) is 54.3. The second-order valence-electron chi connectivity index (χ2n) is 13.5. The summed E-state index contributed by atoms with van der Waals surface area (Å²) in [5.41, 5.74) is 2.62. The van der Waals surface area contributed by atoms with Crippen molar-refractivity contribution in [3.8, 4) is 5.75 Å². The number of halogens is 3. The van der Waals surface area contributed by atoms with E-state index in [1.807, 2.05) is 13.0 Å². The lowest BCUT2D eigenvalue weighted by Gasteiger charge is -2.31. The Bertz CT molecular complexity index is 1880. The van der Waals surface area contributed by atoms with E-state index in [1.54, 1.807) is 6.07 Å². The molecule has 0 bridgehead atoms. The van der Waals surface area contributed by atoms with Crippen LogP contribution in [0.1, 0.15) is 106 Å². The van der Waals surface area contributed by atoms with Gasteiger partial charge in [-0.05, 0) is 72.1 Å². The van der Waals surface area contributed by atoms with E-state index in [0.717, 1.165) is 28.3 Å². The number of amides is 4. The zero-order valence-corrected chi connectivity index (χ0v) is 30.8. The van der Waals surface area contributed by atoms with Crippen LogP contribution in [0, 0.1) is 0 Å². The summed E-state index contributed by atoms with van der Waals surface area (Å²) in [5.74, 6) is -1.69. The second kappa shape index (κ2) is 13.8. The van der Waals surface area contributed by atoms with E-state index in [2.05, 4.69) is 64.1 Å². The first-order valence-electron chi connectivity index (χ1n) is 16.2. The van der Waals surface area contributed by atoms with Gasteiger partial charge in [-0.3, -0.25) is 19.2 Å². The number of carbonyl (C=O) groups excluding carboxylic acids is 4. The minimum absolute atomic E-state index is 0.0159. The summed E-state index contributed by atoms with van der Waals surface area (Å²) in [6, 6.07) is 13.5. The number of hydrogen-bond acceptors (Lipinski definition) is 6. The zero-order chi connectivity index (χ0) is 36.0. The Morgan fingerprint density at radius 2 is 1.51 bits per heavy atom. The van der Waals surface area contributed by atoms with Gasteiger partial charge in [0.15, 0.2) is 6.10 Å². The fourth-order valence-corrected chi connectivity index (χ4v) is 6.66.